The van der Waals surface area contributed by atoms with Gasteiger partial charge in [-0.15, -0.1) is 0 Å². The van der Waals surface area contributed by atoms with Gasteiger partial charge in [0.25, 0.3) is 0 Å². The average molecular weight is 292 g/mol. The first-order valence-corrected chi connectivity index (χ1v) is 7.41. The molecule has 2 rings (SSSR count). The number of hydrogen-bond donors (Lipinski definition) is 0. The molecule has 1 aliphatic rings. The van der Waals surface area contributed by atoms with Crippen molar-refractivity contribution in [1.29, 1.82) is 0 Å². The highest BCUT2D eigenvalue weighted by atomic mass is 16.7. The lowest BCUT2D eigenvalue weighted by Gasteiger charge is -2.32. The molecule has 0 saturated carbocycles. The van der Waals surface area contributed by atoms with Gasteiger partial charge < -0.3 is 18.8 Å². The van der Waals surface area contributed by atoms with E-state index in [1.807, 2.05) is 12.1 Å². The normalized spacial score (nSPS) is 19.8. The molecule has 1 aromatic carbocycles. The Hall–Kier alpha value is -1.04. The molecular formula is C16H25BO4. The molecule has 5 heteroatoms. The molecule has 0 unspecified atom stereocenters. The molecule has 0 bridgehead atoms. The lowest BCUT2D eigenvalue weighted by Crippen LogP contribution is -2.41. The van der Waals surface area contributed by atoms with Gasteiger partial charge in [-0.2, -0.15) is 0 Å². The smallest absolute Gasteiger partial charge is 0.467 e. The maximum Gasteiger partial charge on any atom is 0.494 e. The second-order valence-corrected chi connectivity index (χ2v) is 6.36. The van der Waals surface area contributed by atoms with Gasteiger partial charge in [-0.1, -0.05) is 19.1 Å². The average Bonchev–Trinajstić information content (AvgIpc) is 2.65. The summed E-state index contributed by atoms with van der Waals surface area (Å²) < 4.78 is 22.7. The van der Waals surface area contributed by atoms with Crippen LogP contribution in [0.4, 0.5) is 0 Å². The molecule has 0 spiro atoms. The maximum absolute atomic E-state index is 6.08. The van der Waals surface area contributed by atoms with Crippen LogP contribution in [0.2, 0.25) is 0 Å². The number of benzene rings is 1. The van der Waals surface area contributed by atoms with Crippen LogP contribution in [0, 0.1) is 0 Å². The van der Waals surface area contributed by atoms with Gasteiger partial charge in [0.05, 0.1) is 11.2 Å². The molecule has 0 amide bonds. The largest absolute Gasteiger partial charge is 0.494 e. The number of rotatable bonds is 5. The van der Waals surface area contributed by atoms with E-state index in [2.05, 4.69) is 40.7 Å². The summed E-state index contributed by atoms with van der Waals surface area (Å²) in [6.45, 7) is 10.6. The zero-order chi connectivity index (χ0) is 15.7. The van der Waals surface area contributed by atoms with E-state index in [4.69, 9.17) is 18.8 Å². The standard InChI is InChI=1S/C16H25BO4/c1-7-12-10-13(8-9-14(12)19-11-18-6)17-20-15(2,3)16(4,5)21-17/h8-10H,7,11H2,1-6H3. The van der Waals surface area contributed by atoms with Crippen molar-refractivity contribution in [1.82, 2.24) is 0 Å². The fourth-order valence-corrected chi connectivity index (χ4v) is 2.26. The summed E-state index contributed by atoms with van der Waals surface area (Å²) in [5.41, 5.74) is 1.50. The molecule has 0 aromatic heterocycles. The first-order chi connectivity index (χ1) is 9.80. The van der Waals surface area contributed by atoms with E-state index in [1.54, 1.807) is 7.11 Å². The van der Waals surface area contributed by atoms with Crippen LogP contribution < -0.4 is 10.2 Å². The summed E-state index contributed by atoms with van der Waals surface area (Å²) in [4.78, 5) is 0. The van der Waals surface area contributed by atoms with Crippen molar-refractivity contribution in [3.8, 4) is 5.75 Å². The zero-order valence-corrected chi connectivity index (χ0v) is 13.9. The Morgan fingerprint density at radius 1 is 1.10 bits per heavy atom. The molecule has 0 N–H and O–H groups in total. The van der Waals surface area contributed by atoms with Crippen molar-refractivity contribution < 1.29 is 18.8 Å². The van der Waals surface area contributed by atoms with Gasteiger partial charge in [0.2, 0.25) is 0 Å². The van der Waals surface area contributed by atoms with Crippen molar-refractivity contribution in [2.75, 3.05) is 13.9 Å². The SMILES string of the molecule is CCc1cc(B2OC(C)(C)C(C)(C)O2)ccc1OCOC. The highest BCUT2D eigenvalue weighted by Gasteiger charge is 2.51. The Labute approximate surface area is 127 Å². The third-order valence-corrected chi connectivity index (χ3v) is 4.32. The topological polar surface area (TPSA) is 36.9 Å². The van der Waals surface area contributed by atoms with Gasteiger partial charge >= 0.3 is 7.12 Å². The van der Waals surface area contributed by atoms with Crippen LogP contribution in [0.5, 0.6) is 5.75 Å². The van der Waals surface area contributed by atoms with Crippen LogP contribution in [0.15, 0.2) is 18.2 Å². The van der Waals surface area contributed by atoms with Crippen molar-refractivity contribution in [3.63, 3.8) is 0 Å². The second-order valence-electron chi connectivity index (χ2n) is 6.36. The van der Waals surface area contributed by atoms with Crippen molar-refractivity contribution in [2.24, 2.45) is 0 Å². The molecule has 116 valence electrons. The monoisotopic (exact) mass is 292 g/mol. The maximum atomic E-state index is 6.08. The zero-order valence-electron chi connectivity index (χ0n) is 13.9. The molecular weight excluding hydrogens is 267 g/mol. The molecule has 0 aliphatic carbocycles. The van der Waals surface area contributed by atoms with Gasteiger partial charge in [0.1, 0.15) is 5.75 Å². The summed E-state index contributed by atoms with van der Waals surface area (Å²) in [5, 5.41) is 0. The third kappa shape index (κ3) is 3.25. The van der Waals surface area contributed by atoms with E-state index >= 15 is 0 Å². The van der Waals surface area contributed by atoms with E-state index in [0.29, 0.717) is 0 Å². The predicted octanol–water partition coefficient (Wildman–Crippen LogP) is 2.53. The van der Waals surface area contributed by atoms with Crippen LogP contribution in [-0.4, -0.2) is 32.2 Å². The quantitative estimate of drug-likeness (QED) is 0.617. The molecule has 1 aromatic rings. The molecule has 21 heavy (non-hydrogen) atoms. The molecule has 1 saturated heterocycles. The summed E-state index contributed by atoms with van der Waals surface area (Å²) in [7, 11) is 1.28. The molecule has 0 atom stereocenters. The Bertz CT molecular complexity index is 483. The summed E-state index contributed by atoms with van der Waals surface area (Å²) in [6, 6.07) is 6.04. The van der Waals surface area contributed by atoms with Gasteiger partial charge in [0, 0.05) is 7.11 Å². The molecule has 0 radical (unpaired) electrons. The molecule has 4 nitrogen and oxygen atoms in total. The second kappa shape index (κ2) is 5.99. The Morgan fingerprint density at radius 3 is 2.24 bits per heavy atom. The van der Waals surface area contributed by atoms with E-state index in [-0.39, 0.29) is 25.1 Å². The van der Waals surface area contributed by atoms with Gasteiger partial charge in [-0.05, 0) is 51.2 Å². The number of hydrogen-bond acceptors (Lipinski definition) is 4. The summed E-state index contributed by atoms with van der Waals surface area (Å²) in [6.07, 6.45) is 0.881. The van der Waals surface area contributed by atoms with Crippen LogP contribution in [-0.2, 0) is 20.5 Å². The molecule has 1 aliphatic heterocycles. The van der Waals surface area contributed by atoms with Crippen LogP contribution >= 0.6 is 0 Å². The first kappa shape index (κ1) is 16.3. The number of ether oxygens (including phenoxy) is 2. The Morgan fingerprint density at radius 2 is 1.71 bits per heavy atom. The lowest BCUT2D eigenvalue weighted by molar-refractivity contribution is 0.00578. The van der Waals surface area contributed by atoms with Crippen molar-refractivity contribution >= 4 is 12.6 Å². The predicted molar refractivity (Wildman–Crippen MR) is 84.0 cm³/mol. The van der Waals surface area contributed by atoms with Gasteiger partial charge in [-0.3, -0.25) is 0 Å². The van der Waals surface area contributed by atoms with E-state index < -0.39 is 0 Å². The first-order valence-electron chi connectivity index (χ1n) is 7.41. The fourth-order valence-electron chi connectivity index (χ4n) is 2.26. The van der Waals surface area contributed by atoms with Crippen LogP contribution in [0.1, 0.15) is 40.2 Å². The Kier molecular flexibility index (Phi) is 4.66. The van der Waals surface area contributed by atoms with Gasteiger partial charge in [-0.25, -0.2) is 0 Å². The molecule has 1 fully saturated rings. The number of methoxy groups -OCH3 is 1. The number of aryl methyl sites for hydroxylation is 1. The highest BCUT2D eigenvalue weighted by Crippen LogP contribution is 2.36. The third-order valence-electron chi connectivity index (χ3n) is 4.32. The minimum Gasteiger partial charge on any atom is -0.467 e. The minimum absolute atomic E-state index is 0.253. The van der Waals surface area contributed by atoms with Crippen LogP contribution in [0.25, 0.3) is 0 Å². The van der Waals surface area contributed by atoms with Gasteiger partial charge in [0.15, 0.2) is 6.79 Å². The van der Waals surface area contributed by atoms with Crippen molar-refractivity contribution in [3.05, 3.63) is 23.8 Å². The van der Waals surface area contributed by atoms with E-state index in [0.717, 1.165) is 23.2 Å². The highest BCUT2D eigenvalue weighted by molar-refractivity contribution is 6.62. The molecule has 1 heterocycles. The fraction of sp³-hybridized carbons (Fsp3) is 0.625. The van der Waals surface area contributed by atoms with E-state index in [1.165, 1.54) is 0 Å². The summed E-state index contributed by atoms with van der Waals surface area (Å²) in [5.74, 6) is 0.847. The van der Waals surface area contributed by atoms with E-state index in [9.17, 15) is 0 Å². The van der Waals surface area contributed by atoms with Crippen molar-refractivity contribution in [2.45, 2.75) is 52.2 Å². The summed E-state index contributed by atoms with van der Waals surface area (Å²) >= 11 is 0. The lowest BCUT2D eigenvalue weighted by atomic mass is 9.78. The Balaban J connectivity index is 2.22. The minimum atomic E-state index is -0.336. The van der Waals surface area contributed by atoms with Crippen LogP contribution in [0.3, 0.4) is 0 Å².